The quantitative estimate of drug-likeness (QED) is 0.588. The minimum atomic E-state index is 0.589. The van der Waals surface area contributed by atoms with Gasteiger partial charge in [0.15, 0.2) is 0 Å². The molecule has 0 atom stereocenters. The maximum absolute atomic E-state index is 5.91. The van der Waals surface area contributed by atoms with Crippen LogP contribution < -0.4 is 0 Å². The lowest BCUT2D eigenvalue weighted by Crippen LogP contribution is -1.96. The molecule has 0 unspecified atom stereocenters. The van der Waals surface area contributed by atoms with E-state index in [0.29, 0.717) is 13.2 Å². The van der Waals surface area contributed by atoms with E-state index < -0.39 is 0 Å². The molecule has 1 aromatic carbocycles. The summed E-state index contributed by atoms with van der Waals surface area (Å²) >= 11 is 9.19. The second-order valence-corrected chi connectivity index (χ2v) is 3.53. The third-order valence-electron chi connectivity index (χ3n) is 1.44. The van der Waals surface area contributed by atoms with Crippen LogP contribution in [0.4, 0.5) is 0 Å². The van der Waals surface area contributed by atoms with Crippen LogP contribution in [0.2, 0.25) is 5.02 Å². The van der Waals surface area contributed by atoms with Crippen molar-refractivity contribution in [1.82, 2.24) is 0 Å². The summed E-state index contributed by atoms with van der Waals surface area (Å²) in [5.74, 6) is 0. The first-order valence-electron chi connectivity index (χ1n) is 3.71. The van der Waals surface area contributed by atoms with Gasteiger partial charge in [0.2, 0.25) is 0 Å². The molecule has 0 aromatic heterocycles. The van der Waals surface area contributed by atoms with Gasteiger partial charge in [-0.05, 0) is 11.6 Å². The fourth-order valence-electron chi connectivity index (χ4n) is 0.852. The molecule has 3 heteroatoms. The maximum atomic E-state index is 5.91. The van der Waals surface area contributed by atoms with Crippen molar-refractivity contribution in [2.45, 2.75) is 6.61 Å². The van der Waals surface area contributed by atoms with Crippen molar-refractivity contribution in [1.29, 1.82) is 0 Å². The lowest BCUT2D eigenvalue weighted by molar-refractivity contribution is 0.137. The molecule has 12 heavy (non-hydrogen) atoms. The molecule has 1 nitrogen and oxygen atoms in total. The second kappa shape index (κ2) is 5.57. The summed E-state index contributed by atoms with van der Waals surface area (Å²) in [6.07, 6.45) is 0. The summed E-state index contributed by atoms with van der Waals surface area (Å²) in [5.41, 5.74) is 1.04. The zero-order chi connectivity index (χ0) is 8.81. The van der Waals surface area contributed by atoms with Crippen LogP contribution in [0.15, 0.2) is 24.3 Å². The topological polar surface area (TPSA) is 9.23 Å². The Kier molecular flexibility index (Phi) is 4.66. The summed E-state index contributed by atoms with van der Waals surface area (Å²) in [4.78, 5) is 0. The van der Waals surface area contributed by atoms with Gasteiger partial charge in [0.1, 0.15) is 0 Å². The lowest BCUT2D eigenvalue weighted by atomic mass is 10.2. The normalized spacial score (nSPS) is 10.2. The minimum absolute atomic E-state index is 0.589. The van der Waals surface area contributed by atoms with E-state index in [0.717, 1.165) is 15.9 Å². The van der Waals surface area contributed by atoms with Crippen LogP contribution in [0, 0.1) is 0 Å². The Morgan fingerprint density at radius 2 is 2.08 bits per heavy atom. The van der Waals surface area contributed by atoms with E-state index in [4.69, 9.17) is 16.3 Å². The average molecular weight is 250 g/mol. The predicted molar refractivity (Wildman–Crippen MR) is 54.9 cm³/mol. The number of halogens is 2. The van der Waals surface area contributed by atoms with E-state index >= 15 is 0 Å². The van der Waals surface area contributed by atoms with Crippen molar-refractivity contribution in [3.8, 4) is 0 Å². The summed E-state index contributed by atoms with van der Waals surface area (Å²) < 4.78 is 5.32. The molecular formula is C9H10BrClO. The van der Waals surface area contributed by atoms with Crippen molar-refractivity contribution in [2.24, 2.45) is 0 Å². The molecule has 0 N–H and O–H groups in total. The fourth-order valence-corrected chi connectivity index (χ4v) is 1.27. The van der Waals surface area contributed by atoms with Gasteiger partial charge < -0.3 is 4.74 Å². The molecule has 0 aliphatic rings. The molecule has 0 fully saturated rings. The molecule has 0 bridgehead atoms. The molecule has 0 heterocycles. The summed E-state index contributed by atoms with van der Waals surface area (Å²) in [5, 5.41) is 1.63. The number of hydrogen-bond acceptors (Lipinski definition) is 1. The monoisotopic (exact) mass is 248 g/mol. The molecule has 0 aliphatic heterocycles. The summed E-state index contributed by atoms with van der Waals surface area (Å²) in [7, 11) is 0. The van der Waals surface area contributed by atoms with Crippen LogP contribution in [-0.4, -0.2) is 11.9 Å². The number of alkyl halides is 1. The maximum Gasteiger partial charge on any atom is 0.0731 e. The Hall–Kier alpha value is -0.0500. The molecule has 1 aromatic rings. The van der Waals surface area contributed by atoms with Crippen molar-refractivity contribution >= 4 is 27.5 Å². The first-order chi connectivity index (χ1) is 5.84. The molecule has 0 radical (unpaired) electrons. The van der Waals surface area contributed by atoms with E-state index in [1.54, 1.807) is 0 Å². The first-order valence-corrected chi connectivity index (χ1v) is 5.21. The molecule has 0 spiro atoms. The summed E-state index contributed by atoms with van der Waals surface area (Å²) in [6, 6.07) is 7.71. The standard InChI is InChI=1S/C9H10BrClO/c10-5-6-12-7-8-3-1-2-4-9(8)11/h1-4H,5-7H2. The highest BCUT2D eigenvalue weighted by atomic mass is 79.9. The van der Waals surface area contributed by atoms with E-state index in [9.17, 15) is 0 Å². The highest BCUT2D eigenvalue weighted by molar-refractivity contribution is 9.09. The zero-order valence-electron chi connectivity index (χ0n) is 6.59. The SMILES string of the molecule is Clc1ccccc1COCCBr. The van der Waals surface area contributed by atoms with Crippen LogP contribution in [0.25, 0.3) is 0 Å². The molecule has 0 aliphatic carbocycles. The molecule has 66 valence electrons. The van der Waals surface area contributed by atoms with Gasteiger partial charge in [0.05, 0.1) is 13.2 Å². The Labute approximate surface area is 85.8 Å². The number of ether oxygens (including phenoxy) is 1. The Morgan fingerprint density at radius 1 is 1.33 bits per heavy atom. The van der Waals surface area contributed by atoms with Gasteiger partial charge in [0.25, 0.3) is 0 Å². The van der Waals surface area contributed by atoms with Crippen LogP contribution >= 0.6 is 27.5 Å². The van der Waals surface area contributed by atoms with Crippen molar-refractivity contribution in [2.75, 3.05) is 11.9 Å². The Morgan fingerprint density at radius 3 is 2.75 bits per heavy atom. The van der Waals surface area contributed by atoms with E-state index in [2.05, 4.69) is 15.9 Å². The van der Waals surface area contributed by atoms with Gasteiger partial charge in [-0.25, -0.2) is 0 Å². The van der Waals surface area contributed by atoms with Crippen LogP contribution in [0.3, 0.4) is 0 Å². The average Bonchev–Trinajstić information content (AvgIpc) is 2.09. The Bertz CT molecular complexity index is 240. The second-order valence-electron chi connectivity index (χ2n) is 2.33. The van der Waals surface area contributed by atoms with E-state index in [1.165, 1.54) is 0 Å². The van der Waals surface area contributed by atoms with Gasteiger partial charge in [0, 0.05) is 10.4 Å². The minimum Gasteiger partial charge on any atom is -0.376 e. The predicted octanol–water partition coefficient (Wildman–Crippen LogP) is 3.25. The largest absolute Gasteiger partial charge is 0.376 e. The van der Waals surface area contributed by atoms with E-state index in [-0.39, 0.29) is 0 Å². The molecular weight excluding hydrogens is 239 g/mol. The van der Waals surface area contributed by atoms with Gasteiger partial charge in [-0.1, -0.05) is 45.7 Å². The van der Waals surface area contributed by atoms with Crippen LogP contribution in [-0.2, 0) is 11.3 Å². The highest BCUT2D eigenvalue weighted by Crippen LogP contribution is 2.15. The van der Waals surface area contributed by atoms with Gasteiger partial charge in [-0.15, -0.1) is 0 Å². The van der Waals surface area contributed by atoms with Crippen molar-refractivity contribution in [3.63, 3.8) is 0 Å². The fraction of sp³-hybridized carbons (Fsp3) is 0.333. The van der Waals surface area contributed by atoms with E-state index in [1.807, 2.05) is 24.3 Å². The third kappa shape index (κ3) is 3.13. The van der Waals surface area contributed by atoms with Crippen molar-refractivity contribution in [3.05, 3.63) is 34.9 Å². The zero-order valence-corrected chi connectivity index (χ0v) is 8.94. The van der Waals surface area contributed by atoms with Gasteiger partial charge in [-0.3, -0.25) is 0 Å². The molecule has 1 rings (SSSR count). The smallest absolute Gasteiger partial charge is 0.0731 e. The number of benzene rings is 1. The highest BCUT2D eigenvalue weighted by Gasteiger charge is 1.97. The Balaban J connectivity index is 2.46. The number of hydrogen-bond donors (Lipinski definition) is 0. The lowest BCUT2D eigenvalue weighted by Gasteiger charge is -2.03. The number of rotatable bonds is 4. The van der Waals surface area contributed by atoms with Crippen LogP contribution in [0.1, 0.15) is 5.56 Å². The van der Waals surface area contributed by atoms with Crippen molar-refractivity contribution < 1.29 is 4.74 Å². The molecule has 0 amide bonds. The first kappa shape index (κ1) is 10.0. The molecule has 0 saturated heterocycles. The third-order valence-corrected chi connectivity index (χ3v) is 2.13. The van der Waals surface area contributed by atoms with Gasteiger partial charge in [-0.2, -0.15) is 0 Å². The molecule has 0 saturated carbocycles. The van der Waals surface area contributed by atoms with Gasteiger partial charge >= 0.3 is 0 Å². The summed E-state index contributed by atoms with van der Waals surface area (Å²) in [6.45, 7) is 1.30. The van der Waals surface area contributed by atoms with Crippen LogP contribution in [0.5, 0.6) is 0 Å².